The third-order valence-electron chi connectivity index (χ3n) is 5.03. The fourth-order valence-corrected chi connectivity index (χ4v) is 4.19. The highest BCUT2D eigenvalue weighted by Crippen LogP contribution is 2.16. The minimum Gasteiger partial charge on any atom is -0.381 e. The lowest BCUT2D eigenvalue weighted by Crippen LogP contribution is -2.40. The Kier molecular flexibility index (Phi) is 10.9. The van der Waals surface area contributed by atoms with Crippen molar-refractivity contribution in [2.75, 3.05) is 30.7 Å². The van der Waals surface area contributed by atoms with Gasteiger partial charge in [0.1, 0.15) is 0 Å². The van der Waals surface area contributed by atoms with E-state index in [1.165, 1.54) is 18.4 Å². The molecule has 0 aliphatic rings. The molecule has 0 saturated heterocycles. The standard InChI is InChI=1S/C24H35N3O3S2/c1-3-4-8-15-30-19-22(16-20-9-6-5-7-10-20)18-27(24(25)31)17-21-11-13-23(14-12-21)26-32(2,28)29/h5-7,9-14,22,26H,3-4,8,15-19H2,1-2H3,(H2,25,31). The predicted octanol–water partition coefficient (Wildman–Crippen LogP) is 4.17. The molecule has 0 aromatic heterocycles. The Balaban J connectivity index is 2.04. The summed E-state index contributed by atoms with van der Waals surface area (Å²) in [6, 6.07) is 17.6. The van der Waals surface area contributed by atoms with Crippen molar-refractivity contribution in [3.05, 3.63) is 65.7 Å². The molecular weight excluding hydrogens is 442 g/mol. The van der Waals surface area contributed by atoms with Gasteiger partial charge in [0.05, 0.1) is 12.9 Å². The summed E-state index contributed by atoms with van der Waals surface area (Å²) in [7, 11) is -3.30. The second kappa shape index (κ2) is 13.4. The fraction of sp³-hybridized carbons (Fsp3) is 0.458. The second-order valence-corrected chi connectivity index (χ2v) is 10.3. The maximum Gasteiger partial charge on any atom is 0.229 e. The lowest BCUT2D eigenvalue weighted by molar-refractivity contribution is 0.0872. The summed E-state index contributed by atoms with van der Waals surface area (Å²) >= 11 is 5.34. The third-order valence-corrected chi connectivity index (χ3v) is 5.90. The Morgan fingerprint density at radius 1 is 1.09 bits per heavy atom. The Hall–Kier alpha value is -2.16. The zero-order valence-corrected chi connectivity index (χ0v) is 20.6. The molecule has 0 radical (unpaired) electrons. The molecule has 6 nitrogen and oxygen atoms in total. The normalized spacial score (nSPS) is 12.3. The van der Waals surface area contributed by atoms with E-state index in [0.29, 0.717) is 30.5 Å². The van der Waals surface area contributed by atoms with Crippen LogP contribution in [0.15, 0.2) is 54.6 Å². The maximum atomic E-state index is 11.4. The molecule has 1 atom stereocenters. The first kappa shape index (κ1) is 26.1. The summed E-state index contributed by atoms with van der Waals surface area (Å²) in [5.41, 5.74) is 8.84. The molecule has 2 aromatic rings. The first-order valence-electron chi connectivity index (χ1n) is 11.0. The van der Waals surface area contributed by atoms with Crippen molar-refractivity contribution in [1.29, 1.82) is 0 Å². The molecule has 2 aromatic carbocycles. The van der Waals surface area contributed by atoms with Crippen LogP contribution >= 0.6 is 12.2 Å². The van der Waals surface area contributed by atoms with Gasteiger partial charge >= 0.3 is 0 Å². The van der Waals surface area contributed by atoms with Gasteiger partial charge in [0.15, 0.2) is 5.11 Å². The van der Waals surface area contributed by atoms with Gasteiger partial charge in [-0.25, -0.2) is 8.42 Å². The summed E-state index contributed by atoms with van der Waals surface area (Å²) < 4.78 is 31.3. The van der Waals surface area contributed by atoms with Crippen LogP contribution < -0.4 is 10.5 Å². The average molecular weight is 478 g/mol. The Labute approximate surface area is 198 Å². The quantitative estimate of drug-likeness (QED) is 0.314. The van der Waals surface area contributed by atoms with Gasteiger partial charge in [0, 0.05) is 31.3 Å². The van der Waals surface area contributed by atoms with Crippen LogP contribution in [-0.2, 0) is 27.7 Å². The molecule has 32 heavy (non-hydrogen) atoms. The molecular formula is C24H35N3O3S2. The van der Waals surface area contributed by atoms with Crippen LogP contribution in [0, 0.1) is 5.92 Å². The number of ether oxygens (including phenoxy) is 1. The van der Waals surface area contributed by atoms with E-state index in [0.717, 1.165) is 31.3 Å². The van der Waals surface area contributed by atoms with Gasteiger partial charge in [0.25, 0.3) is 0 Å². The van der Waals surface area contributed by atoms with Crippen molar-refractivity contribution in [3.63, 3.8) is 0 Å². The highest BCUT2D eigenvalue weighted by Gasteiger charge is 2.17. The number of rotatable bonds is 14. The van der Waals surface area contributed by atoms with Crippen molar-refractivity contribution < 1.29 is 13.2 Å². The smallest absolute Gasteiger partial charge is 0.229 e. The van der Waals surface area contributed by atoms with E-state index in [4.69, 9.17) is 22.7 Å². The number of sulfonamides is 1. The molecule has 0 aliphatic carbocycles. The average Bonchev–Trinajstić information content (AvgIpc) is 2.74. The molecule has 176 valence electrons. The number of nitrogens with zero attached hydrogens (tertiary/aromatic N) is 1. The highest BCUT2D eigenvalue weighted by molar-refractivity contribution is 7.92. The minimum absolute atomic E-state index is 0.242. The largest absolute Gasteiger partial charge is 0.381 e. The number of unbranched alkanes of at least 4 members (excludes halogenated alkanes) is 2. The maximum absolute atomic E-state index is 11.4. The summed E-state index contributed by atoms with van der Waals surface area (Å²) in [5, 5.41) is 0.340. The van der Waals surface area contributed by atoms with Gasteiger partial charge in [-0.05, 0) is 48.3 Å². The van der Waals surface area contributed by atoms with Gasteiger partial charge in [-0.1, -0.05) is 62.2 Å². The second-order valence-electron chi connectivity index (χ2n) is 8.13. The molecule has 0 fully saturated rings. The van der Waals surface area contributed by atoms with Crippen molar-refractivity contribution in [3.8, 4) is 0 Å². The SMILES string of the molecule is CCCCCOCC(Cc1ccccc1)CN(Cc1ccc(NS(C)(=O)=O)cc1)C(N)=S. The number of anilines is 1. The van der Waals surface area contributed by atoms with E-state index in [1.807, 2.05) is 35.2 Å². The van der Waals surface area contributed by atoms with E-state index >= 15 is 0 Å². The zero-order valence-electron chi connectivity index (χ0n) is 19.0. The topological polar surface area (TPSA) is 84.7 Å². The molecule has 1 unspecified atom stereocenters. The van der Waals surface area contributed by atoms with E-state index in [2.05, 4.69) is 23.8 Å². The van der Waals surface area contributed by atoms with E-state index in [9.17, 15) is 8.42 Å². The summed E-state index contributed by atoms with van der Waals surface area (Å²) in [6.45, 7) is 4.83. The van der Waals surface area contributed by atoms with Crippen LogP contribution in [0.25, 0.3) is 0 Å². The van der Waals surface area contributed by atoms with Crippen LogP contribution in [0.2, 0.25) is 0 Å². The Morgan fingerprint density at radius 2 is 1.78 bits per heavy atom. The molecule has 3 N–H and O–H groups in total. The lowest BCUT2D eigenvalue weighted by atomic mass is 9.99. The van der Waals surface area contributed by atoms with Crippen LogP contribution in [0.5, 0.6) is 0 Å². The van der Waals surface area contributed by atoms with Gasteiger partial charge in [-0.15, -0.1) is 0 Å². The molecule has 2 rings (SSSR count). The van der Waals surface area contributed by atoms with E-state index < -0.39 is 10.0 Å². The molecule has 0 bridgehead atoms. The number of thiocarbonyl (C=S) groups is 1. The van der Waals surface area contributed by atoms with Crippen molar-refractivity contribution >= 4 is 33.0 Å². The summed E-state index contributed by atoms with van der Waals surface area (Å²) in [6.07, 6.45) is 5.43. The molecule has 0 saturated carbocycles. The molecule has 0 aliphatic heterocycles. The highest BCUT2D eigenvalue weighted by atomic mass is 32.2. The van der Waals surface area contributed by atoms with Gasteiger partial charge in [-0.2, -0.15) is 0 Å². The van der Waals surface area contributed by atoms with E-state index in [-0.39, 0.29) is 5.92 Å². The van der Waals surface area contributed by atoms with Gasteiger partial charge < -0.3 is 15.4 Å². The molecule has 0 amide bonds. The number of hydrogen-bond acceptors (Lipinski definition) is 4. The summed E-state index contributed by atoms with van der Waals surface area (Å²) in [4.78, 5) is 1.98. The zero-order chi connectivity index (χ0) is 23.4. The first-order chi connectivity index (χ1) is 15.3. The number of nitrogens with two attached hydrogens (primary N) is 1. The van der Waals surface area contributed by atoms with Crippen LogP contribution in [0.1, 0.15) is 37.3 Å². The van der Waals surface area contributed by atoms with Crippen molar-refractivity contribution in [2.45, 2.75) is 39.2 Å². The minimum atomic E-state index is -3.30. The molecule has 8 heteroatoms. The Morgan fingerprint density at radius 3 is 2.38 bits per heavy atom. The number of benzene rings is 2. The first-order valence-corrected chi connectivity index (χ1v) is 13.3. The third kappa shape index (κ3) is 10.4. The molecule has 0 heterocycles. The monoisotopic (exact) mass is 477 g/mol. The number of hydrogen-bond donors (Lipinski definition) is 2. The van der Waals surface area contributed by atoms with Gasteiger partial charge in [0.2, 0.25) is 10.0 Å². The van der Waals surface area contributed by atoms with Crippen LogP contribution in [-0.4, -0.2) is 44.4 Å². The van der Waals surface area contributed by atoms with E-state index in [1.54, 1.807) is 12.1 Å². The van der Waals surface area contributed by atoms with Crippen LogP contribution in [0.3, 0.4) is 0 Å². The fourth-order valence-electron chi connectivity index (χ4n) is 3.48. The predicted molar refractivity (Wildman–Crippen MR) is 136 cm³/mol. The molecule has 0 spiro atoms. The van der Waals surface area contributed by atoms with Crippen LogP contribution in [0.4, 0.5) is 5.69 Å². The van der Waals surface area contributed by atoms with Gasteiger partial charge in [-0.3, -0.25) is 4.72 Å². The van der Waals surface area contributed by atoms with Crippen molar-refractivity contribution in [1.82, 2.24) is 4.90 Å². The lowest BCUT2D eigenvalue weighted by Gasteiger charge is -2.28. The Bertz CT molecular complexity index is 919. The summed E-state index contributed by atoms with van der Waals surface area (Å²) in [5.74, 6) is 0.242. The van der Waals surface area contributed by atoms with Crippen molar-refractivity contribution in [2.24, 2.45) is 11.7 Å². The number of nitrogens with one attached hydrogen (secondary N) is 1.